The van der Waals surface area contributed by atoms with Crippen LogP contribution in [0.1, 0.15) is 38.5 Å². The lowest BCUT2D eigenvalue weighted by atomic mass is 9.67. The fourth-order valence-corrected chi connectivity index (χ4v) is 3.93. The van der Waals surface area contributed by atoms with Crippen LogP contribution in [0.25, 0.3) is 0 Å². The first-order chi connectivity index (χ1) is 10.4. The molecule has 1 heterocycles. The van der Waals surface area contributed by atoms with E-state index >= 15 is 0 Å². The molecule has 1 saturated heterocycles. The lowest BCUT2D eigenvalue weighted by Crippen LogP contribution is -2.51. The maximum absolute atomic E-state index is 13.5. The molecule has 3 nitrogen and oxygen atoms in total. The van der Waals surface area contributed by atoms with Gasteiger partial charge in [-0.3, -0.25) is 4.79 Å². The minimum Gasteiger partial charge on any atom is -0.328 e. The summed E-state index contributed by atoms with van der Waals surface area (Å²) in [4.78, 5) is 14.5. The third-order valence-corrected chi connectivity index (χ3v) is 5.31. The molecule has 1 saturated carbocycles. The molecule has 1 amide bonds. The lowest BCUT2D eigenvalue weighted by molar-refractivity contribution is -0.132. The monoisotopic (exact) mass is 328 g/mol. The van der Waals surface area contributed by atoms with Gasteiger partial charge in [0.15, 0.2) is 11.6 Å². The molecule has 1 aliphatic heterocycles. The molecule has 0 aromatic heterocycles. The first-order valence-corrected chi connectivity index (χ1v) is 8.03. The highest BCUT2D eigenvalue weighted by atomic mass is 35.5. The Morgan fingerprint density at radius 2 is 1.82 bits per heavy atom. The number of halogens is 3. The summed E-state index contributed by atoms with van der Waals surface area (Å²) in [5, 5.41) is 0.0665. The van der Waals surface area contributed by atoms with Gasteiger partial charge in [-0.05, 0) is 44.6 Å². The standard InChI is InChI=1S/C16H19ClF2N2O/c17-11-8-12(18)13(19)9-14(11)21-7-1-4-16(15(21)22)5-2-10(20)3-6-16/h8-10H,1-7,20H2. The van der Waals surface area contributed by atoms with E-state index in [9.17, 15) is 13.6 Å². The summed E-state index contributed by atoms with van der Waals surface area (Å²) < 4.78 is 26.8. The third-order valence-electron chi connectivity index (χ3n) is 5.00. The van der Waals surface area contributed by atoms with Crippen molar-refractivity contribution in [2.45, 2.75) is 44.6 Å². The van der Waals surface area contributed by atoms with Crippen molar-refractivity contribution >= 4 is 23.2 Å². The molecule has 3 rings (SSSR count). The molecule has 0 atom stereocenters. The molecule has 2 N–H and O–H groups in total. The molecule has 1 aromatic rings. The van der Waals surface area contributed by atoms with E-state index in [1.807, 2.05) is 0 Å². The maximum atomic E-state index is 13.5. The zero-order chi connectivity index (χ0) is 15.9. The van der Waals surface area contributed by atoms with E-state index in [2.05, 4.69) is 0 Å². The van der Waals surface area contributed by atoms with Crippen LogP contribution in [0, 0.1) is 17.0 Å². The van der Waals surface area contributed by atoms with Gasteiger partial charge in [-0.25, -0.2) is 8.78 Å². The Kier molecular flexibility index (Phi) is 4.12. The van der Waals surface area contributed by atoms with Crippen molar-refractivity contribution in [3.05, 3.63) is 28.8 Å². The number of hydrogen-bond acceptors (Lipinski definition) is 2. The number of benzene rings is 1. The van der Waals surface area contributed by atoms with Crippen LogP contribution in [0.5, 0.6) is 0 Å². The maximum Gasteiger partial charge on any atom is 0.233 e. The highest BCUT2D eigenvalue weighted by molar-refractivity contribution is 6.33. The van der Waals surface area contributed by atoms with Gasteiger partial charge < -0.3 is 10.6 Å². The number of hydrogen-bond donors (Lipinski definition) is 1. The first-order valence-electron chi connectivity index (χ1n) is 7.65. The normalized spacial score (nSPS) is 29.2. The molecule has 0 bridgehead atoms. The molecule has 2 fully saturated rings. The van der Waals surface area contributed by atoms with Crippen molar-refractivity contribution in [1.29, 1.82) is 0 Å². The Morgan fingerprint density at radius 1 is 1.18 bits per heavy atom. The van der Waals surface area contributed by atoms with Gasteiger partial charge in [-0.1, -0.05) is 11.6 Å². The van der Waals surface area contributed by atoms with E-state index in [-0.39, 0.29) is 22.7 Å². The first kappa shape index (κ1) is 15.7. The smallest absolute Gasteiger partial charge is 0.233 e. The topological polar surface area (TPSA) is 46.3 Å². The second kappa shape index (κ2) is 5.78. The zero-order valence-electron chi connectivity index (χ0n) is 12.2. The number of amides is 1. The van der Waals surface area contributed by atoms with Crippen molar-refractivity contribution in [2.24, 2.45) is 11.1 Å². The van der Waals surface area contributed by atoms with Crippen molar-refractivity contribution in [3.63, 3.8) is 0 Å². The van der Waals surface area contributed by atoms with Crippen LogP contribution < -0.4 is 10.6 Å². The van der Waals surface area contributed by atoms with E-state index < -0.39 is 17.0 Å². The van der Waals surface area contributed by atoms with Crippen LogP contribution in [-0.4, -0.2) is 18.5 Å². The van der Waals surface area contributed by atoms with Gasteiger partial charge in [0.25, 0.3) is 0 Å². The zero-order valence-corrected chi connectivity index (χ0v) is 13.0. The van der Waals surface area contributed by atoms with Crippen LogP contribution in [0.4, 0.5) is 14.5 Å². The van der Waals surface area contributed by atoms with Crippen molar-refractivity contribution in [3.8, 4) is 0 Å². The van der Waals surface area contributed by atoms with Gasteiger partial charge in [0.1, 0.15) is 0 Å². The number of anilines is 1. The quantitative estimate of drug-likeness (QED) is 0.800. The van der Waals surface area contributed by atoms with E-state index in [0.717, 1.165) is 50.7 Å². The summed E-state index contributed by atoms with van der Waals surface area (Å²) >= 11 is 6.03. The Morgan fingerprint density at radius 3 is 2.50 bits per heavy atom. The van der Waals surface area contributed by atoms with Crippen molar-refractivity contribution in [1.82, 2.24) is 0 Å². The van der Waals surface area contributed by atoms with Gasteiger partial charge in [-0.15, -0.1) is 0 Å². The van der Waals surface area contributed by atoms with Gasteiger partial charge in [0.05, 0.1) is 10.7 Å². The van der Waals surface area contributed by atoms with Crippen molar-refractivity contribution < 1.29 is 13.6 Å². The molecule has 1 aromatic carbocycles. The van der Waals surface area contributed by atoms with E-state index in [4.69, 9.17) is 17.3 Å². The minimum atomic E-state index is -1.00. The Hall–Kier alpha value is -1.20. The summed E-state index contributed by atoms with van der Waals surface area (Å²) in [6.07, 6.45) is 4.82. The molecular weight excluding hydrogens is 310 g/mol. The van der Waals surface area contributed by atoms with Crippen LogP contribution >= 0.6 is 11.6 Å². The second-order valence-corrected chi connectivity index (χ2v) is 6.80. The summed E-state index contributed by atoms with van der Waals surface area (Å²) in [5.41, 5.74) is 5.79. The summed E-state index contributed by atoms with van der Waals surface area (Å²) in [6, 6.07) is 2.10. The van der Waals surface area contributed by atoms with Crippen LogP contribution in [0.3, 0.4) is 0 Å². The van der Waals surface area contributed by atoms with Gasteiger partial charge in [0, 0.05) is 24.1 Å². The number of nitrogens with two attached hydrogens (primary N) is 1. The van der Waals surface area contributed by atoms with Crippen molar-refractivity contribution in [2.75, 3.05) is 11.4 Å². The third kappa shape index (κ3) is 2.61. The Balaban J connectivity index is 1.92. The summed E-state index contributed by atoms with van der Waals surface area (Å²) in [5.74, 6) is -2.02. The molecule has 0 radical (unpaired) electrons. The Bertz CT molecular complexity index is 600. The molecule has 120 valence electrons. The molecule has 1 aliphatic carbocycles. The SMILES string of the molecule is NC1CCC2(CCCN(c3cc(F)c(F)cc3Cl)C2=O)CC1. The van der Waals surface area contributed by atoms with Crippen LogP contribution in [0.15, 0.2) is 12.1 Å². The van der Waals surface area contributed by atoms with Gasteiger partial charge >= 0.3 is 0 Å². The predicted molar refractivity (Wildman–Crippen MR) is 81.8 cm³/mol. The van der Waals surface area contributed by atoms with Crippen LogP contribution in [-0.2, 0) is 4.79 Å². The van der Waals surface area contributed by atoms with Gasteiger partial charge in [0.2, 0.25) is 5.91 Å². The van der Waals surface area contributed by atoms with Gasteiger partial charge in [-0.2, -0.15) is 0 Å². The second-order valence-electron chi connectivity index (χ2n) is 6.40. The summed E-state index contributed by atoms with van der Waals surface area (Å²) in [6.45, 7) is 0.484. The fraction of sp³-hybridized carbons (Fsp3) is 0.562. The van der Waals surface area contributed by atoms with E-state index in [1.165, 1.54) is 4.90 Å². The lowest BCUT2D eigenvalue weighted by Gasteiger charge is -2.45. The number of rotatable bonds is 1. The molecule has 1 spiro atoms. The predicted octanol–water partition coefficient (Wildman–Crippen LogP) is 3.63. The molecule has 22 heavy (non-hydrogen) atoms. The fourth-order valence-electron chi connectivity index (χ4n) is 3.68. The highest BCUT2D eigenvalue weighted by Crippen LogP contribution is 2.45. The van der Waals surface area contributed by atoms with Crippen LogP contribution in [0.2, 0.25) is 5.02 Å². The van der Waals surface area contributed by atoms with E-state index in [1.54, 1.807) is 0 Å². The number of nitrogens with zero attached hydrogens (tertiary/aromatic N) is 1. The summed E-state index contributed by atoms with van der Waals surface area (Å²) in [7, 11) is 0. The Labute approximate surface area is 133 Å². The number of carbonyl (C=O) groups excluding carboxylic acids is 1. The molecule has 0 unspecified atom stereocenters. The highest BCUT2D eigenvalue weighted by Gasteiger charge is 2.46. The molecule has 2 aliphatic rings. The minimum absolute atomic E-state index is 0.0291. The average Bonchev–Trinajstić information content (AvgIpc) is 2.49. The molecular formula is C16H19ClF2N2O. The molecule has 6 heteroatoms. The van der Waals surface area contributed by atoms with E-state index in [0.29, 0.717) is 6.54 Å². The number of piperidine rings is 1. The number of carbonyl (C=O) groups is 1. The average molecular weight is 329 g/mol. The largest absolute Gasteiger partial charge is 0.328 e.